The topological polar surface area (TPSA) is 24.7 Å². The maximum Gasteiger partial charge on any atom is 0.0895 e. The summed E-state index contributed by atoms with van der Waals surface area (Å²) in [6.07, 6.45) is 3.09. The first-order chi connectivity index (χ1) is 9.24. The number of hydrogen-bond acceptors (Lipinski definition) is 2. The van der Waals surface area contributed by atoms with Gasteiger partial charge in [-0.2, -0.15) is 10.2 Å². The van der Waals surface area contributed by atoms with Crippen molar-refractivity contribution in [3.8, 4) is 0 Å². The smallest absolute Gasteiger partial charge is 0.0895 e. The van der Waals surface area contributed by atoms with Gasteiger partial charge in [-0.25, -0.2) is 0 Å². The van der Waals surface area contributed by atoms with Crippen LogP contribution in [0.15, 0.2) is 58.8 Å². The molecule has 1 aliphatic rings. The molecule has 0 unspecified atom stereocenters. The Morgan fingerprint density at radius 2 is 1.79 bits per heavy atom. The molecule has 2 heteroatoms. The quantitative estimate of drug-likeness (QED) is 0.669. The van der Waals surface area contributed by atoms with Crippen molar-refractivity contribution < 1.29 is 0 Å². The van der Waals surface area contributed by atoms with Crippen LogP contribution in [0.3, 0.4) is 0 Å². The Morgan fingerprint density at radius 3 is 2.63 bits per heavy atom. The minimum atomic E-state index is 0.941. The molecule has 0 amide bonds. The summed E-state index contributed by atoms with van der Waals surface area (Å²) >= 11 is 0. The Balaban J connectivity index is 1.89. The Bertz CT molecular complexity index is 681. The van der Waals surface area contributed by atoms with E-state index in [2.05, 4.69) is 60.5 Å². The molecule has 0 N–H and O–H groups in total. The summed E-state index contributed by atoms with van der Waals surface area (Å²) < 4.78 is 0. The maximum atomic E-state index is 4.41. The summed E-state index contributed by atoms with van der Waals surface area (Å²) in [6, 6.07) is 14.6. The fraction of sp³-hybridized carbons (Fsp3) is 0.176. The van der Waals surface area contributed by atoms with E-state index < -0.39 is 0 Å². The number of hydrogen-bond donors (Lipinski definition) is 0. The lowest BCUT2D eigenvalue weighted by Crippen LogP contribution is -1.81. The third-order valence-corrected chi connectivity index (χ3v) is 3.43. The largest absolute Gasteiger partial charge is 0.150 e. The van der Waals surface area contributed by atoms with Crippen LogP contribution in [0.5, 0.6) is 0 Å². The maximum absolute atomic E-state index is 4.41. The molecule has 0 aliphatic heterocycles. The van der Waals surface area contributed by atoms with Gasteiger partial charge in [0.2, 0.25) is 0 Å². The molecule has 2 nitrogen and oxygen atoms in total. The van der Waals surface area contributed by atoms with Crippen molar-refractivity contribution >= 4 is 11.4 Å². The second-order valence-electron chi connectivity index (χ2n) is 4.94. The molecular weight excluding hydrogens is 232 g/mol. The van der Waals surface area contributed by atoms with Crippen LogP contribution >= 0.6 is 0 Å². The highest BCUT2D eigenvalue weighted by Crippen LogP contribution is 2.30. The van der Waals surface area contributed by atoms with Crippen molar-refractivity contribution in [2.75, 3.05) is 0 Å². The highest BCUT2D eigenvalue weighted by atomic mass is 15.1. The van der Waals surface area contributed by atoms with Gasteiger partial charge in [-0.15, -0.1) is 0 Å². The zero-order valence-corrected chi connectivity index (χ0v) is 11.2. The van der Waals surface area contributed by atoms with Crippen LogP contribution in [0.25, 0.3) is 5.70 Å². The third kappa shape index (κ3) is 2.34. The lowest BCUT2D eigenvalue weighted by atomic mass is 10.1. The first-order valence-electron chi connectivity index (χ1n) is 6.51. The van der Waals surface area contributed by atoms with Gasteiger partial charge in [0.1, 0.15) is 0 Å². The highest BCUT2D eigenvalue weighted by molar-refractivity contribution is 5.72. The van der Waals surface area contributed by atoms with Crippen LogP contribution < -0.4 is 0 Å². The molecule has 3 rings (SSSR count). The highest BCUT2D eigenvalue weighted by Gasteiger charge is 2.12. The predicted octanol–water partition coefficient (Wildman–Crippen LogP) is 4.98. The van der Waals surface area contributed by atoms with Crippen molar-refractivity contribution in [1.29, 1.82) is 0 Å². The standard InChI is InChI=1S/C17H16N2/c1-12-7-9-16(13(2)11-12)18-19-17-10-8-14-5-3-4-6-15(14)17/h3-7,9-11H,8H2,1-2H3. The van der Waals surface area contributed by atoms with Gasteiger partial charge in [0.15, 0.2) is 0 Å². The van der Waals surface area contributed by atoms with E-state index in [1.54, 1.807) is 0 Å². The van der Waals surface area contributed by atoms with Gasteiger partial charge in [0, 0.05) is 5.56 Å². The van der Waals surface area contributed by atoms with E-state index in [0.717, 1.165) is 23.4 Å². The molecule has 0 radical (unpaired) electrons. The minimum Gasteiger partial charge on any atom is -0.150 e. The molecule has 0 heterocycles. The van der Waals surface area contributed by atoms with E-state index in [0.29, 0.717) is 0 Å². The van der Waals surface area contributed by atoms with Crippen molar-refractivity contribution in [1.82, 2.24) is 0 Å². The minimum absolute atomic E-state index is 0.941. The molecule has 0 saturated heterocycles. The van der Waals surface area contributed by atoms with Crippen molar-refractivity contribution in [2.24, 2.45) is 10.2 Å². The molecular formula is C17H16N2. The van der Waals surface area contributed by atoms with E-state index in [1.165, 1.54) is 16.7 Å². The van der Waals surface area contributed by atoms with Crippen LogP contribution in [0.1, 0.15) is 22.3 Å². The Labute approximate surface area is 113 Å². The zero-order chi connectivity index (χ0) is 13.2. The van der Waals surface area contributed by atoms with Crippen LogP contribution in [0.2, 0.25) is 0 Å². The van der Waals surface area contributed by atoms with E-state index in [1.807, 2.05) is 12.1 Å². The van der Waals surface area contributed by atoms with Gasteiger partial charge in [0.25, 0.3) is 0 Å². The monoisotopic (exact) mass is 248 g/mol. The third-order valence-electron chi connectivity index (χ3n) is 3.43. The van der Waals surface area contributed by atoms with Crippen molar-refractivity contribution in [3.63, 3.8) is 0 Å². The van der Waals surface area contributed by atoms with Gasteiger partial charge < -0.3 is 0 Å². The van der Waals surface area contributed by atoms with Gasteiger partial charge in [-0.05, 0) is 37.5 Å². The van der Waals surface area contributed by atoms with Gasteiger partial charge in [-0.1, -0.05) is 48.0 Å². The average Bonchev–Trinajstić information content (AvgIpc) is 2.81. The predicted molar refractivity (Wildman–Crippen MR) is 78.6 cm³/mol. The Hall–Kier alpha value is -2.22. The number of allylic oxidation sites excluding steroid dienone is 1. The molecule has 0 atom stereocenters. The molecule has 0 bridgehead atoms. The van der Waals surface area contributed by atoms with Crippen LogP contribution in [0.4, 0.5) is 5.69 Å². The number of azo groups is 1. The summed E-state index contributed by atoms with van der Waals surface area (Å²) in [6.45, 7) is 4.15. The van der Waals surface area contributed by atoms with E-state index >= 15 is 0 Å². The summed E-state index contributed by atoms with van der Waals surface area (Å²) in [5, 5.41) is 8.80. The van der Waals surface area contributed by atoms with Gasteiger partial charge >= 0.3 is 0 Å². The lowest BCUT2D eigenvalue weighted by Gasteiger charge is -2.01. The second-order valence-corrected chi connectivity index (χ2v) is 4.94. The molecule has 2 aromatic carbocycles. The van der Waals surface area contributed by atoms with Gasteiger partial charge in [0.05, 0.1) is 11.4 Å². The summed E-state index contributed by atoms with van der Waals surface area (Å²) in [5.41, 5.74) is 6.87. The van der Waals surface area contributed by atoms with Crippen LogP contribution in [0, 0.1) is 13.8 Å². The number of aryl methyl sites for hydroxylation is 2. The fourth-order valence-electron chi connectivity index (χ4n) is 2.38. The molecule has 0 aromatic heterocycles. The molecule has 94 valence electrons. The Morgan fingerprint density at radius 1 is 0.947 bits per heavy atom. The number of benzene rings is 2. The van der Waals surface area contributed by atoms with E-state index in [4.69, 9.17) is 0 Å². The SMILES string of the molecule is Cc1ccc(N=NC2=CCc3ccccc32)c(C)c1. The van der Waals surface area contributed by atoms with Crippen LogP contribution in [-0.2, 0) is 6.42 Å². The molecule has 0 fully saturated rings. The average molecular weight is 248 g/mol. The summed E-state index contributed by atoms with van der Waals surface area (Å²) in [4.78, 5) is 0. The van der Waals surface area contributed by atoms with Crippen molar-refractivity contribution in [3.05, 3.63) is 70.8 Å². The first-order valence-corrected chi connectivity index (χ1v) is 6.51. The molecule has 0 saturated carbocycles. The van der Waals surface area contributed by atoms with Crippen LogP contribution in [-0.4, -0.2) is 0 Å². The number of fused-ring (bicyclic) bond motifs is 1. The summed E-state index contributed by atoms with van der Waals surface area (Å²) in [5.74, 6) is 0. The van der Waals surface area contributed by atoms with Crippen molar-refractivity contribution in [2.45, 2.75) is 20.3 Å². The molecule has 0 spiro atoms. The lowest BCUT2D eigenvalue weighted by molar-refractivity contribution is 1.21. The van der Waals surface area contributed by atoms with E-state index in [-0.39, 0.29) is 0 Å². The number of rotatable bonds is 2. The van der Waals surface area contributed by atoms with Gasteiger partial charge in [-0.3, -0.25) is 0 Å². The Kier molecular flexibility index (Phi) is 3.00. The second kappa shape index (κ2) is 4.81. The first kappa shape index (κ1) is 11.8. The molecule has 1 aliphatic carbocycles. The normalized spacial score (nSPS) is 13.7. The number of nitrogens with zero attached hydrogens (tertiary/aromatic N) is 2. The van der Waals surface area contributed by atoms with E-state index in [9.17, 15) is 0 Å². The molecule has 19 heavy (non-hydrogen) atoms. The fourth-order valence-corrected chi connectivity index (χ4v) is 2.38. The summed E-state index contributed by atoms with van der Waals surface area (Å²) in [7, 11) is 0. The molecule has 2 aromatic rings. The zero-order valence-electron chi connectivity index (χ0n) is 11.2.